The molecule has 3 rings (SSSR count). The van der Waals surface area contributed by atoms with Crippen LogP contribution in [0.4, 0.5) is 0 Å². The molecule has 0 aliphatic carbocycles. The van der Waals surface area contributed by atoms with Gasteiger partial charge in [0.2, 0.25) is 0 Å². The minimum atomic E-state index is -0.184. The summed E-state index contributed by atoms with van der Waals surface area (Å²) in [6.45, 7) is 0.587. The SMILES string of the molecule is COc1cc(OC)c(C2SCCN2C(=O)COc2ccc(Cl)cc2)cc1OC. The second-order valence-corrected chi connectivity index (χ2v) is 7.63. The maximum Gasteiger partial charge on any atom is 0.261 e. The molecule has 8 heteroatoms. The molecule has 0 saturated carbocycles. The van der Waals surface area contributed by atoms with Crippen LogP contribution in [0.1, 0.15) is 10.9 Å². The van der Waals surface area contributed by atoms with E-state index in [9.17, 15) is 4.79 Å². The maximum absolute atomic E-state index is 12.8. The van der Waals surface area contributed by atoms with Gasteiger partial charge in [-0.2, -0.15) is 0 Å². The average Bonchev–Trinajstić information content (AvgIpc) is 3.21. The molecule has 1 atom stereocenters. The number of carbonyl (C=O) groups is 1. The minimum absolute atomic E-state index is 0.0473. The van der Waals surface area contributed by atoms with Crippen LogP contribution in [0, 0.1) is 0 Å². The van der Waals surface area contributed by atoms with Gasteiger partial charge in [0.25, 0.3) is 5.91 Å². The van der Waals surface area contributed by atoms with Gasteiger partial charge >= 0.3 is 0 Å². The van der Waals surface area contributed by atoms with E-state index in [4.69, 9.17) is 30.5 Å². The Hall–Kier alpha value is -2.25. The molecule has 1 aliphatic rings. The summed E-state index contributed by atoms with van der Waals surface area (Å²) < 4.78 is 21.9. The van der Waals surface area contributed by atoms with Gasteiger partial charge in [0.1, 0.15) is 16.9 Å². The summed E-state index contributed by atoms with van der Waals surface area (Å²) in [4.78, 5) is 14.6. The molecule has 1 fully saturated rings. The summed E-state index contributed by atoms with van der Waals surface area (Å²) in [6, 6.07) is 10.6. The van der Waals surface area contributed by atoms with Gasteiger partial charge in [0, 0.05) is 29.0 Å². The fraction of sp³-hybridized carbons (Fsp3) is 0.350. The number of methoxy groups -OCH3 is 3. The van der Waals surface area contributed by atoms with Crippen molar-refractivity contribution >= 4 is 29.3 Å². The zero-order valence-corrected chi connectivity index (χ0v) is 17.5. The van der Waals surface area contributed by atoms with Crippen LogP contribution in [0.15, 0.2) is 36.4 Å². The van der Waals surface area contributed by atoms with Gasteiger partial charge in [-0.1, -0.05) is 11.6 Å². The Morgan fingerprint density at radius 1 is 1.07 bits per heavy atom. The van der Waals surface area contributed by atoms with Crippen LogP contribution in [-0.4, -0.2) is 51.0 Å². The van der Waals surface area contributed by atoms with E-state index in [2.05, 4.69) is 0 Å². The van der Waals surface area contributed by atoms with Crippen LogP contribution in [0.5, 0.6) is 23.0 Å². The summed E-state index contributed by atoms with van der Waals surface area (Å²) in [5, 5.41) is 0.436. The van der Waals surface area contributed by atoms with Crippen LogP contribution >= 0.6 is 23.4 Å². The van der Waals surface area contributed by atoms with E-state index >= 15 is 0 Å². The number of halogens is 1. The Bertz CT molecular complexity index is 830. The fourth-order valence-corrected chi connectivity index (χ4v) is 4.41. The van der Waals surface area contributed by atoms with Gasteiger partial charge in [-0.3, -0.25) is 4.79 Å². The zero-order valence-electron chi connectivity index (χ0n) is 15.9. The second-order valence-electron chi connectivity index (χ2n) is 6.00. The summed E-state index contributed by atoms with van der Waals surface area (Å²) >= 11 is 7.55. The third-order valence-electron chi connectivity index (χ3n) is 4.39. The second kappa shape index (κ2) is 9.30. The monoisotopic (exact) mass is 423 g/mol. The first kappa shape index (κ1) is 20.5. The molecule has 0 aromatic heterocycles. The third kappa shape index (κ3) is 4.42. The smallest absolute Gasteiger partial charge is 0.261 e. The largest absolute Gasteiger partial charge is 0.496 e. The van der Waals surface area contributed by atoms with E-state index < -0.39 is 0 Å². The van der Waals surface area contributed by atoms with Crippen molar-refractivity contribution in [3.05, 3.63) is 47.0 Å². The molecule has 1 amide bonds. The third-order valence-corrected chi connectivity index (χ3v) is 5.88. The lowest BCUT2D eigenvalue weighted by Gasteiger charge is -2.26. The molecule has 150 valence electrons. The van der Waals surface area contributed by atoms with Gasteiger partial charge in [0.05, 0.1) is 21.3 Å². The highest BCUT2D eigenvalue weighted by Crippen LogP contribution is 2.46. The molecule has 0 bridgehead atoms. The van der Waals surface area contributed by atoms with Gasteiger partial charge in [-0.15, -0.1) is 11.8 Å². The van der Waals surface area contributed by atoms with Crippen LogP contribution in [-0.2, 0) is 4.79 Å². The van der Waals surface area contributed by atoms with Crippen LogP contribution in [0.25, 0.3) is 0 Å². The standard InChI is InChI=1S/C20H22ClNO5S/c1-24-16-11-18(26-3)17(25-2)10-15(16)20-22(8-9-28-20)19(23)12-27-14-6-4-13(21)5-7-14/h4-7,10-11,20H,8-9,12H2,1-3H3. The van der Waals surface area contributed by atoms with Gasteiger partial charge in [0.15, 0.2) is 18.1 Å². The van der Waals surface area contributed by atoms with Crippen molar-refractivity contribution in [1.82, 2.24) is 4.90 Å². The van der Waals surface area contributed by atoms with Crippen molar-refractivity contribution in [3.8, 4) is 23.0 Å². The number of ether oxygens (including phenoxy) is 4. The summed E-state index contributed by atoms with van der Waals surface area (Å²) in [5.74, 6) is 3.15. The molecule has 28 heavy (non-hydrogen) atoms. The molecular weight excluding hydrogens is 402 g/mol. The van der Waals surface area contributed by atoms with E-state index in [0.29, 0.717) is 34.6 Å². The molecular formula is C20H22ClNO5S. The van der Waals surface area contributed by atoms with Crippen LogP contribution in [0.2, 0.25) is 5.02 Å². The number of benzene rings is 2. The molecule has 1 unspecified atom stereocenters. The Kier molecular flexibility index (Phi) is 6.80. The zero-order chi connectivity index (χ0) is 20.1. The minimum Gasteiger partial charge on any atom is -0.496 e. The van der Waals surface area contributed by atoms with Crippen LogP contribution < -0.4 is 18.9 Å². The number of rotatable bonds is 7. The first-order valence-corrected chi connectivity index (χ1v) is 10.1. The van der Waals surface area contributed by atoms with Gasteiger partial charge < -0.3 is 23.8 Å². The highest BCUT2D eigenvalue weighted by atomic mass is 35.5. The van der Waals surface area contributed by atoms with Gasteiger partial charge in [-0.25, -0.2) is 0 Å². The summed E-state index contributed by atoms with van der Waals surface area (Å²) in [7, 11) is 4.75. The van der Waals surface area contributed by atoms with E-state index in [1.54, 1.807) is 68.3 Å². The Labute approximate surface area is 173 Å². The van der Waals surface area contributed by atoms with E-state index in [1.807, 2.05) is 6.07 Å². The molecule has 2 aromatic carbocycles. The van der Waals surface area contributed by atoms with Crippen LogP contribution in [0.3, 0.4) is 0 Å². The molecule has 2 aromatic rings. The Balaban J connectivity index is 1.78. The lowest BCUT2D eigenvalue weighted by atomic mass is 10.1. The first-order chi connectivity index (χ1) is 13.6. The van der Waals surface area contributed by atoms with E-state index in [-0.39, 0.29) is 17.9 Å². The molecule has 0 radical (unpaired) electrons. The maximum atomic E-state index is 12.8. The number of carbonyl (C=O) groups excluding carboxylic acids is 1. The Morgan fingerprint density at radius 3 is 2.36 bits per heavy atom. The fourth-order valence-electron chi connectivity index (χ4n) is 2.99. The lowest BCUT2D eigenvalue weighted by molar-refractivity contribution is -0.133. The van der Waals surface area contributed by atoms with Crippen molar-refractivity contribution < 1.29 is 23.7 Å². The quantitative estimate of drug-likeness (QED) is 0.670. The molecule has 0 N–H and O–H groups in total. The topological polar surface area (TPSA) is 57.2 Å². The average molecular weight is 424 g/mol. The Morgan fingerprint density at radius 2 is 1.71 bits per heavy atom. The van der Waals surface area contributed by atoms with Crippen molar-refractivity contribution in [1.29, 1.82) is 0 Å². The number of hydrogen-bond acceptors (Lipinski definition) is 6. The van der Waals surface area contributed by atoms with Crippen molar-refractivity contribution in [2.45, 2.75) is 5.37 Å². The van der Waals surface area contributed by atoms with Gasteiger partial charge in [-0.05, 0) is 30.3 Å². The van der Waals surface area contributed by atoms with E-state index in [0.717, 1.165) is 11.3 Å². The van der Waals surface area contributed by atoms with E-state index in [1.165, 1.54) is 0 Å². The summed E-state index contributed by atoms with van der Waals surface area (Å²) in [5.41, 5.74) is 0.863. The predicted molar refractivity (Wildman–Crippen MR) is 110 cm³/mol. The molecule has 6 nitrogen and oxygen atoms in total. The first-order valence-electron chi connectivity index (χ1n) is 8.66. The predicted octanol–water partition coefficient (Wildman–Crippen LogP) is 4.02. The lowest BCUT2D eigenvalue weighted by Crippen LogP contribution is -2.34. The normalized spacial score (nSPS) is 16.0. The van der Waals surface area contributed by atoms with Crippen molar-refractivity contribution in [2.24, 2.45) is 0 Å². The molecule has 1 aliphatic heterocycles. The highest BCUT2D eigenvalue weighted by Gasteiger charge is 2.33. The molecule has 1 saturated heterocycles. The van der Waals surface area contributed by atoms with Crippen molar-refractivity contribution in [2.75, 3.05) is 40.2 Å². The number of thioether (sulfide) groups is 1. The van der Waals surface area contributed by atoms with Crippen molar-refractivity contribution in [3.63, 3.8) is 0 Å². The molecule has 0 spiro atoms. The number of hydrogen-bond donors (Lipinski definition) is 0. The summed E-state index contributed by atoms with van der Waals surface area (Å²) in [6.07, 6.45) is 0. The molecule has 1 heterocycles. The highest BCUT2D eigenvalue weighted by molar-refractivity contribution is 7.99. The number of amides is 1. The number of nitrogens with zero attached hydrogens (tertiary/aromatic N) is 1.